The molecule has 3 heterocycles. The van der Waals surface area contributed by atoms with E-state index in [2.05, 4.69) is 42.7 Å². The molecule has 0 bridgehead atoms. The van der Waals surface area contributed by atoms with Gasteiger partial charge in [0.15, 0.2) is 5.60 Å². The largest absolute Gasteiger partial charge is 0.497 e. The molecule has 2 aromatic carbocycles. The van der Waals surface area contributed by atoms with Crippen LogP contribution in [0.5, 0.6) is 11.5 Å². The van der Waals surface area contributed by atoms with Crippen LogP contribution < -0.4 is 19.3 Å². The molecule has 6 heteroatoms. The van der Waals surface area contributed by atoms with Gasteiger partial charge < -0.3 is 28.8 Å². The highest BCUT2D eigenvalue weighted by Gasteiger charge is 2.57. The molecular weight excluding hydrogens is 428 g/mol. The first-order chi connectivity index (χ1) is 16.2. The quantitative estimate of drug-likeness (QED) is 0.592. The first kappa shape index (κ1) is 22.7. The van der Waals surface area contributed by atoms with Crippen LogP contribution in [-0.4, -0.2) is 44.0 Å². The predicted octanol–water partition coefficient (Wildman–Crippen LogP) is 4.95. The highest BCUT2D eigenvalue weighted by atomic mass is 16.5. The smallest absolute Gasteiger partial charge is 0.160 e. The molecule has 1 fully saturated rings. The first-order valence-corrected chi connectivity index (χ1v) is 11.9. The number of furan rings is 1. The highest BCUT2D eigenvalue weighted by molar-refractivity contribution is 5.73. The molecule has 1 unspecified atom stereocenters. The van der Waals surface area contributed by atoms with Gasteiger partial charge in [0, 0.05) is 48.7 Å². The topological polar surface area (TPSA) is 58.3 Å². The normalized spacial score (nSPS) is 21.4. The molecule has 1 saturated heterocycles. The number of fused-ring (bicyclic) bond motifs is 1. The van der Waals surface area contributed by atoms with E-state index >= 15 is 0 Å². The van der Waals surface area contributed by atoms with Gasteiger partial charge in [-0.05, 0) is 81.6 Å². The SMILES string of the molecule is COc1ccc(N2CCN(c3c(C)c(C)c4c(c3C)C(O)(c3ccoc3)C(C)(C)O4)CC2)cc1. The molecule has 1 aromatic heterocycles. The van der Waals surface area contributed by atoms with Gasteiger partial charge >= 0.3 is 0 Å². The summed E-state index contributed by atoms with van der Waals surface area (Å²) in [6.45, 7) is 13.9. The van der Waals surface area contributed by atoms with E-state index in [4.69, 9.17) is 13.9 Å². The molecule has 3 aromatic rings. The number of ether oxygens (including phenoxy) is 2. The lowest BCUT2D eigenvalue weighted by atomic mass is 9.75. The Hall–Kier alpha value is -3.12. The van der Waals surface area contributed by atoms with Gasteiger partial charge in [0.25, 0.3) is 0 Å². The zero-order valence-electron chi connectivity index (χ0n) is 20.9. The maximum absolute atomic E-state index is 12.2. The maximum atomic E-state index is 12.2. The van der Waals surface area contributed by atoms with Crippen LogP contribution in [0.1, 0.15) is 41.7 Å². The van der Waals surface area contributed by atoms with Gasteiger partial charge in [0.1, 0.15) is 17.1 Å². The molecule has 2 aliphatic heterocycles. The van der Waals surface area contributed by atoms with Gasteiger partial charge in [-0.1, -0.05) is 0 Å². The number of benzene rings is 2. The lowest BCUT2D eigenvalue weighted by Gasteiger charge is -2.40. The van der Waals surface area contributed by atoms with Crippen molar-refractivity contribution in [2.24, 2.45) is 0 Å². The third kappa shape index (κ3) is 3.19. The fourth-order valence-electron chi connectivity index (χ4n) is 5.72. The zero-order chi connectivity index (χ0) is 24.3. The maximum Gasteiger partial charge on any atom is 0.160 e. The van der Waals surface area contributed by atoms with E-state index in [1.807, 2.05) is 32.0 Å². The van der Waals surface area contributed by atoms with E-state index in [0.717, 1.165) is 59.9 Å². The Bertz CT molecular complexity index is 1190. The number of aliphatic hydroxyl groups is 1. The van der Waals surface area contributed by atoms with E-state index in [0.29, 0.717) is 0 Å². The van der Waals surface area contributed by atoms with Gasteiger partial charge in [-0.2, -0.15) is 0 Å². The van der Waals surface area contributed by atoms with Crippen molar-refractivity contribution in [1.29, 1.82) is 0 Å². The molecule has 2 aliphatic rings. The Balaban J connectivity index is 1.51. The second-order valence-electron chi connectivity index (χ2n) is 9.93. The van der Waals surface area contributed by atoms with E-state index in [1.165, 1.54) is 16.9 Å². The second-order valence-corrected chi connectivity index (χ2v) is 9.93. The molecule has 180 valence electrons. The van der Waals surface area contributed by atoms with Crippen molar-refractivity contribution < 1.29 is 19.0 Å². The van der Waals surface area contributed by atoms with Crippen LogP contribution >= 0.6 is 0 Å². The standard InChI is InChI=1S/C28H34N2O4/c1-18-19(2)26-24(28(31,27(4,5)34-26)21-11-16-33-17-21)20(3)25(18)30-14-12-29(13-15-30)22-7-9-23(32-6)10-8-22/h7-11,16-17,31H,12-15H2,1-6H3. The third-order valence-electron chi connectivity index (χ3n) is 7.78. The van der Waals surface area contributed by atoms with Gasteiger partial charge in [-0.15, -0.1) is 0 Å². The average Bonchev–Trinajstić information content (AvgIpc) is 3.44. The summed E-state index contributed by atoms with van der Waals surface area (Å²) in [6, 6.07) is 10.1. The van der Waals surface area contributed by atoms with Gasteiger partial charge in [-0.25, -0.2) is 0 Å². The molecule has 0 spiro atoms. The summed E-state index contributed by atoms with van der Waals surface area (Å²) in [5.74, 6) is 1.67. The lowest BCUT2D eigenvalue weighted by molar-refractivity contribution is -0.0648. The Morgan fingerprint density at radius 1 is 0.882 bits per heavy atom. The molecule has 0 amide bonds. The van der Waals surface area contributed by atoms with Crippen molar-refractivity contribution in [3.8, 4) is 11.5 Å². The van der Waals surface area contributed by atoms with E-state index in [-0.39, 0.29) is 0 Å². The molecule has 0 saturated carbocycles. The highest BCUT2D eigenvalue weighted by Crippen LogP contribution is 2.56. The summed E-state index contributed by atoms with van der Waals surface area (Å²) in [7, 11) is 1.69. The van der Waals surface area contributed by atoms with Crippen LogP contribution in [0, 0.1) is 20.8 Å². The molecule has 6 nitrogen and oxygen atoms in total. The summed E-state index contributed by atoms with van der Waals surface area (Å²) >= 11 is 0. The monoisotopic (exact) mass is 462 g/mol. The number of methoxy groups -OCH3 is 1. The lowest BCUT2D eigenvalue weighted by Crippen LogP contribution is -2.48. The predicted molar refractivity (Wildman–Crippen MR) is 134 cm³/mol. The van der Waals surface area contributed by atoms with Crippen LogP contribution in [0.4, 0.5) is 11.4 Å². The fourth-order valence-corrected chi connectivity index (χ4v) is 5.72. The minimum atomic E-state index is -1.29. The van der Waals surface area contributed by atoms with Gasteiger partial charge in [-0.3, -0.25) is 0 Å². The Morgan fingerprint density at radius 3 is 2.12 bits per heavy atom. The summed E-state index contributed by atoms with van der Waals surface area (Å²) < 4.78 is 17.1. The Kier molecular flexibility index (Phi) is 5.32. The zero-order valence-corrected chi connectivity index (χ0v) is 20.9. The summed E-state index contributed by atoms with van der Waals surface area (Å²) in [4.78, 5) is 4.87. The number of rotatable bonds is 4. The Morgan fingerprint density at radius 2 is 1.53 bits per heavy atom. The number of nitrogens with zero attached hydrogens (tertiary/aromatic N) is 2. The van der Waals surface area contributed by atoms with E-state index in [9.17, 15) is 5.11 Å². The van der Waals surface area contributed by atoms with Crippen LogP contribution in [0.15, 0.2) is 47.3 Å². The van der Waals surface area contributed by atoms with Crippen LogP contribution in [0.2, 0.25) is 0 Å². The number of hydrogen-bond donors (Lipinski definition) is 1. The van der Waals surface area contributed by atoms with Crippen molar-refractivity contribution in [3.05, 3.63) is 70.7 Å². The second kappa shape index (κ2) is 7.98. The summed E-state index contributed by atoms with van der Waals surface area (Å²) in [6.07, 6.45) is 3.24. The van der Waals surface area contributed by atoms with Crippen molar-refractivity contribution in [3.63, 3.8) is 0 Å². The minimum absolute atomic E-state index is 0.720. The Labute approximate surface area is 201 Å². The number of anilines is 2. The summed E-state index contributed by atoms with van der Waals surface area (Å²) in [5.41, 5.74) is 5.24. The van der Waals surface area contributed by atoms with E-state index in [1.54, 1.807) is 19.6 Å². The van der Waals surface area contributed by atoms with Crippen LogP contribution in [-0.2, 0) is 5.60 Å². The van der Waals surface area contributed by atoms with Crippen molar-refractivity contribution in [1.82, 2.24) is 0 Å². The first-order valence-electron chi connectivity index (χ1n) is 11.9. The molecular formula is C28H34N2O4. The van der Waals surface area contributed by atoms with Gasteiger partial charge in [0.2, 0.25) is 0 Å². The fraction of sp³-hybridized carbons (Fsp3) is 0.429. The van der Waals surface area contributed by atoms with Gasteiger partial charge in [0.05, 0.1) is 19.6 Å². The molecule has 5 rings (SSSR count). The minimum Gasteiger partial charge on any atom is -0.497 e. The molecule has 1 atom stereocenters. The third-order valence-corrected chi connectivity index (χ3v) is 7.78. The average molecular weight is 463 g/mol. The molecule has 34 heavy (non-hydrogen) atoms. The van der Waals surface area contributed by atoms with Crippen molar-refractivity contribution in [2.75, 3.05) is 43.1 Å². The van der Waals surface area contributed by atoms with Crippen LogP contribution in [0.3, 0.4) is 0 Å². The van der Waals surface area contributed by atoms with Crippen molar-refractivity contribution >= 4 is 11.4 Å². The van der Waals surface area contributed by atoms with Crippen LogP contribution in [0.25, 0.3) is 0 Å². The molecule has 0 radical (unpaired) electrons. The van der Waals surface area contributed by atoms with E-state index < -0.39 is 11.2 Å². The summed E-state index contributed by atoms with van der Waals surface area (Å²) in [5, 5.41) is 12.2. The molecule has 0 aliphatic carbocycles. The number of piperazine rings is 1. The number of hydrogen-bond acceptors (Lipinski definition) is 6. The molecule has 1 N–H and O–H groups in total. The van der Waals surface area contributed by atoms with Crippen molar-refractivity contribution in [2.45, 2.75) is 45.8 Å².